The number of nitrogens with zero attached hydrogens (tertiary/aromatic N) is 1. The van der Waals surface area contributed by atoms with Gasteiger partial charge in [-0.15, -0.1) is 11.3 Å². The summed E-state index contributed by atoms with van der Waals surface area (Å²) in [5.74, 6) is 0. The summed E-state index contributed by atoms with van der Waals surface area (Å²) in [6, 6.07) is 8.05. The zero-order chi connectivity index (χ0) is 14.8. The minimum absolute atomic E-state index is 0.203. The fraction of sp³-hybridized carbons (Fsp3) is 0.375. The number of aryl methyl sites for hydroxylation is 2. The highest BCUT2D eigenvalue weighted by atomic mass is 32.1. The first-order chi connectivity index (χ1) is 10.1. The van der Waals surface area contributed by atoms with Crippen LogP contribution in [0.25, 0.3) is 0 Å². The molecule has 0 radical (unpaired) electrons. The Hall–Kier alpha value is -1.72. The Labute approximate surface area is 128 Å². The number of nitrogens with one attached hydrogen (secondary N) is 1. The number of nitro groups is 1. The molecular formula is C16H18N2O2S. The summed E-state index contributed by atoms with van der Waals surface area (Å²) >= 11 is 1.83. The van der Waals surface area contributed by atoms with Crippen LogP contribution in [-0.2, 0) is 13.0 Å². The summed E-state index contributed by atoms with van der Waals surface area (Å²) in [6.45, 7) is 2.44. The number of nitro benzene ring substituents is 1. The van der Waals surface area contributed by atoms with Crippen LogP contribution in [0.15, 0.2) is 29.6 Å². The molecule has 0 aliphatic heterocycles. The normalized spacial score (nSPS) is 17.5. The van der Waals surface area contributed by atoms with Gasteiger partial charge in [0.25, 0.3) is 5.69 Å². The molecule has 110 valence electrons. The lowest BCUT2D eigenvalue weighted by Gasteiger charge is -2.23. The van der Waals surface area contributed by atoms with E-state index in [1.807, 2.05) is 23.5 Å². The molecule has 4 nitrogen and oxygen atoms in total. The summed E-state index contributed by atoms with van der Waals surface area (Å²) in [4.78, 5) is 12.2. The quantitative estimate of drug-likeness (QED) is 0.682. The van der Waals surface area contributed by atoms with Gasteiger partial charge in [-0.3, -0.25) is 10.1 Å². The summed E-state index contributed by atoms with van der Waals surface area (Å²) in [7, 11) is 0. The molecule has 3 rings (SSSR count). The van der Waals surface area contributed by atoms with E-state index in [2.05, 4.69) is 16.8 Å². The average Bonchev–Trinajstić information content (AvgIpc) is 2.95. The van der Waals surface area contributed by atoms with E-state index in [0.29, 0.717) is 18.2 Å². The fourth-order valence-corrected chi connectivity index (χ4v) is 3.89. The largest absolute Gasteiger partial charge is 0.306 e. The second kappa shape index (κ2) is 5.95. The molecule has 0 bridgehead atoms. The highest BCUT2D eigenvalue weighted by Gasteiger charge is 2.20. The van der Waals surface area contributed by atoms with Crippen molar-refractivity contribution in [2.24, 2.45) is 0 Å². The van der Waals surface area contributed by atoms with Crippen molar-refractivity contribution in [2.45, 2.75) is 38.8 Å². The van der Waals surface area contributed by atoms with Crippen LogP contribution in [0.5, 0.6) is 0 Å². The number of benzene rings is 1. The van der Waals surface area contributed by atoms with Crippen LogP contribution in [0.2, 0.25) is 0 Å². The van der Waals surface area contributed by atoms with Crippen LogP contribution in [0.1, 0.15) is 40.5 Å². The van der Waals surface area contributed by atoms with Gasteiger partial charge in [0.2, 0.25) is 0 Å². The third-order valence-electron chi connectivity index (χ3n) is 4.07. The molecule has 1 unspecified atom stereocenters. The lowest BCUT2D eigenvalue weighted by molar-refractivity contribution is -0.385. The highest BCUT2D eigenvalue weighted by molar-refractivity contribution is 7.10. The van der Waals surface area contributed by atoms with E-state index in [4.69, 9.17) is 0 Å². The minimum Gasteiger partial charge on any atom is -0.306 e. The Bertz CT molecular complexity index is 666. The van der Waals surface area contributed by atoms with Gasteiger partial charge < -0.3 is 5.32 Å². The van der Waals surface area contributed by atoms with Crippen molar-refractivity contribution < 1.29 is 4.92 Å². The summed E-state index contributed by atoms with van der Waals surface area (Å²) < 4.78 is 0. The number of hydrogen-bond donors (Lipinski definition) is 1. The molecule has 5 heteroatoms. The zero-order valence-electron chi connectivity index (χ0n) is 12.0. The minimum atomic E-state index is -0.309. The smallest absolute Gasteiger partial charge is 0.272 e. The second-order valence-electron chi connectivity index (χ2n) is 5.50. The predicted octanol–water partition coefficient (Wildman–Crippen LogP) is 4.13. The first-order valence-electron chi connectivity index (χ1n) is 7.18. The maximum atomic E-state index is 11.0. The van der Waals surface area contributed by atoms with Gasteiger partial charge >= 0.3 is 0 Å². The monoisotopic (exact) mass is 302 g/mol. The Kier molecular flexibility index (Phi) is 4.03. The fourth-order valence-electron chi connectivity index (χ4n) is 2.90. The van der Waals surface area contributed by atoms with Crippen LogP contribution < -0.4 is 5.32 Å². The van der Waals surface area contributed by atoms with Crippen molar-refractivity contribution >= 4 is 17.0 Å². The van der Waals surface area contributed by atoms with Gasteiger partial charge in [0.1, 0.15) is 0 Å². The van der Waals surface area contributed by atoms with Crippen molar-refractivity contribution in [3.05, 3.63) is 61.3 Å². The molecule has 1 aliphatic rings. The van der Waals surface area contributed by atoms with Crippen LogP contribution >= 0.6 is 11.3 Å². The summed E-state index contributed by atoms with van der Waals surface area (Å²) in [5, 5.41) is 16.7. The van der Waals surface area contributed by atoms with E-state index >= 15 is 0 Å². The maximum absolute atomic E-state index is 11.0. The van der Waals surface area contributed by atoms with Gasteiger partial charge in [0.05, 0.1) is 4.92 Å². The third-order valence-corrected chi connectivity index (χ3v) is 5.07. The zero-order valence-corrected chi connectivity index (χ0v) is 12.8. The molecule has 0 saturated carbocycles. The molecule has 1 atom stereocenters. The van der Waals surface area contributed by atoms with Crippen molar-refractivity contribution in [2.75, 3.05) is 0 Å². The number of thiophene rings is 1. The topological polar surface area (TPSA) is 55.2 Å². The first-order valence-corrected chi connectivity index (χ1v) is 8.06. The highest BCUT2D eigenvalue weighted by Crippen LogP contribution is 2.33. The van der Waals surface area contributed by atoms with E-state index in [9.17, 15) is 10.1 Å². The Morgan fingerprint density at radius 2 is 2.29 bits per heavy atom. The van der Waals surface area contributed by atoms with Gasteiger partial charge in [-0.05, 0) is 48.8 Å². The number of hydrogen-bond acceptors (Lipinski definition) is 4. The van der Waals surface area contributed by atoms with Crippen molar-refractivity contribution in [1.29, 1.82) is 0 Å². The maximum Gasteiger partial charge on any atom is 0.272 e. The number of rotatable bonds is 4. The van der Waals surface area contributed by atoms with Gasteiger partial charge in [-0.2, -0.15) is 0 Å². The van der Waals surface area contributed by atoms with Gasteiger partial charge in [-0.25, -0.2) is 0 Å². The molecule has 1 aromatic carbocycles. The Morgan fingerprint density at radius 3 is 3.10 bits per heavy atom. The lowest BCUT2D eigenvalue weighted by Crippen LogP contribution is -2.23. The van der Waals surface area contributed by atoms with Crippen molar-refractivity contribution in [3.63, 3.8) is 0 Å². The van der Waals surface area contributed by atoms with E-state index in [0.717, 1.165) is 12.0 Å². The van der Waals surface area contributed by atoms with Crippen molar-refractivity contribution in [3.8, 4) is 0 Å². The van der Waals surface area contributed by atoms with Crippen molar-refractivity contribution in [1.82, 2.24) is 5.32 Å². The average molecular weight is 302 g/mol. The van der Waals surface area contributed by atoms with Gasteiger partial charge in [0, 0.05) is 29.1 Å². The van der Waals surface area contributed by atoms with E-state index in [1.54, 1.807) is 13.0 Å². The lowest BCUT2D eigenvalue weighted by atomic mass is 9.94. The molecule has 1 N–H and O–H groups in total. The molecule has 21 heavy (non-hydrogen) atoms. The molecule has 1 aromatic heterocycles. The molecule has 0 fully saturated rings. The van der Waals surface area contributed by atoms with E-state index < -0.39 is 0 Å². The summed E-state index contributed by atoms with van der Waals surface area (Å²) in [6.07, 6.45) is 3.53. The van der Waals surface area contributed by atoms with Crippen LogP contribution in [-0.4, -0.2) is 4.92 Å². The summed E-state index contributed by atoms with van der Waals surface area (Å²) in [5.41, 5.74) is 3.29. The standard InChI is InChI=1S/C16H18N2O2S/c1-11-5-6-12(9-15(11)18(19)20)10-17-14-3-2-4-16-13(14)7-8-21-16/h5-9,14,17H,2-4,10H2,1H3. The molecule has 0 spiro atoms. The Morgan fingerprint density at radius 1 is 1.43 bits per heavy atom. The molecule has 0 amide bonds. The predicted molar refractivity (Wildman–Crippen MR) is 84.7 cm³/mol. The number of fused-ring (bicyclic) bond motifs is 1. The molecule has 1 aliphatic carbocycles. The Balaban J connectivity index is 1.72. The van der Waals surface area contributed by atoms with E-state index in [1.165, 1.54) is 23.3 Å². The second-order valence-corrected chi connectivity index (χ2v) is 6.50. The van der Waals surface area contributed by atoms with Gasteiger partial charge in [-0.1, -0.05) is 12.1 Å². The SMILES string of the molecule is Cc1ccc(CNC2CCCc3sccc32)cc1[N+](=O)[O-]. The first kappa shape index (κ1) is 14.2. The third kappa shape index (κ3) is 2.99. The van der Waals surface area contributed by atoms with E-state index in [-0.39, 0.29) is 10.6 Å². The van der Waals surface area contributed by atoms with Crippen LogP contribution in [0, 0.1) is 17.0 Å². The van der Waals surface area contributed by atoms with Crippen LogP contribution in [0.3, 0.4) is 0 Å². The molecular weight excluding hydrogens is 284 g/mol. The molecule has 2 aromatic rings. The molecule has 0 saturated heterocycles. The molecule has 1 heterocycles. The van der Waals surface area contributed by atoms with Gasteiger partial charge in [0.15, 0.2) is 0 Å². The van der Waals surface area contributed by atoms with Crippen LogP contribution in [0.4, 0.5) is 5.69 Å².